The number of ether oxygens (including phenoxy) is 1. The number of hydrogen-bond donors (Lipinski definition) is 1. The van der Waals surface area contributed by atoms with Crippen molar-refractivity contribution in [2.75, 3.05) is 5.43 Å². The minimum absolute atomic E-state index is 0.533. The Morgan fingerprint density at radius 2 is 1.86 bits per heavy atom. The molecule has 0 spiro atoms. The number of rotatable bonds is 6. The molecule has 138 valence electrons. The summed E-state index contributed by atoms with van der Waals surface area (Å²) in [5, 5.41) is 5.97. The summed E-state index contributed by atoms with van der Waals surface area (Å²) in [6.07, 6.45) is 3.49. The molecule has 0 saturated heterocycles. The minimum atomic E-state index is 0.533. The van der Waals surface area contributed by atoms with Gasteiger partial charge in [-0.25, -0.2) is 0 Å². The van der Waals surface area contributed by atoms with Crippen LogP contribution in [0.2, 0.25) is 5.02 Å². The van der Waals surface area contributed by atoms with Crippen LogP contribution in [0.15, 0.2) is 90.2 Å². The molecule has 3 aromatic carbocycles. The highest BCUT2D eigenvalue weighted by atomic mass is 35.5. The quantitative estimate of drug-likeness (QED) is 0.330. The van der Waals surface area contributed by atoms with Gasteiger partial charge in [0.1, 0.15) is 12.4 Å². The first-order chi connectivity index (χ1) is 13.8. The first-order valence-electron chi connectivity index (χ1n) is 8.88. The maximum Gasteiger partial charge on any atom is 0.120 e. The maximum atomic E-state index is 6.03. The van der Waals surface area contributed by atoms with Crippen molar-refractivity contribution in [2.24, 2.45) is 5.10 Å². The SMILES string of the molecule is Clc1ccc2c(NN=Cc3cccc(OCc4ccccc4)c3)ccnc2c1. The van der Waals surface area contributed by atoms with Gasteiger partial charge < -0.3 is 4.74 Å². The van der Waals surface area contributed by atoms with Gasteiger partial charge in [-0.3, -0.25) is 10.4 Å². The highest BCUT2D eigenvalue weighted by Crippen LogP contribution is 2.24. The number of nitrogens with one attached hydrogen (secondary N) is 1. The lowest BCUT2D eigenvalue weighted by Gasteiger charge is -2.07. The van der Waals surface area contributed by atoms with Crippen LogP contribution < -0.4 is 10.2 Å². The van der Waals surface area contributed by atoms with Gasteiger partial charge in [0.2, 0.25) is 0 Å². The molecular formula is C23H18ClN3O. The first-order valence-corrected chi connectivity index (χ1v) is 9.26. The average molecular weight is 388 g/mol. The molecule has 4 rings (SSSR count). The highest BCUT2D eigenvalue weighted by molar-refractivity contribution is 6.31. The Bertz CT molecular complexity index is 1110. The van der Waals surface area contributed by atoms with E-state index in [9.17, 15) is 0 Å². The monoisotopic (exact) mass is 387 g/mol. The van der Waals surface area contributed by atoms with Crippen LogP contribution in [0.4, 0.5) is 5.69 Å². The molecule has 5 heteroatoms. The van der Waals surface area contributed by atoms with Gasteiger partial charge >= 0.3 is 0 Å². The van der Waals surface area contributed by atoms with Crippen molar-refractivity contribution >= 4 is 34.4 Å². The molecule has 0 atom stereocenters. The second kappa shape index (κ2) is 8.55. The molecule has 0 saturated carbocycles. The predicted molar refractivity (Wildman–Crippen MR) is 115 cm³/mol. The Morgan fingerprint density at radius 1 is 0.964 bits per heavy atom. The minimum Gasteiger partial charge on any atom is -0.489 e. The standard InChI is InChI=1S/C23H18ClN3O/c24-19-9-10-21-22(11-12-25-23(21)14-19)27-26-15-18-7-4-8-20(13-18)28-16-17-5-2-1-3-6-17/h1-15H,16H2,(H,25,27). The number of fused-ring (bicyclic) bond motifs is 1. The summed E-state index contributed by atoms with van der Waals surface area (Å²) in [6.45, 7) is 0.533. The van der Waals surface area contributed by atoms with E-state index >= 15 is 0 Å². The Morgan fingerprint density at radius 3 is 2.75 bits per heavy atom. The fourth-order valence-corrected chi connectivity index (χ4v) is 2.99. The van der Waals surface area contributed by atoms with Crippen LogP contribution in [0.5, 0.6) is 5.75 Å². The van der Waals surface area contributed by atoms with Gasteiger partial charge in [-0.1, -0.05) is 54.1 Å². The van der Waals surface area contributed by atoms with Crippen LogP contribution >= 0.6 is 11.6 Å². The molecule has 0 fully saturated rings. The molecule has 0 aliphatic carbocycles. The van der Waals surface area contributed by atoms with Gasteiger partial charge in [-0.2, -0.15) is 5.10 Å². The van der Waals surface area contributed by atoms with E-state index in [1.807, 2.05) is 78.9 Å². The number of anilines is 1. The predicted octanol–water partition coefficient (Wildman–Crippen LogP) is 5.91. The molecule has 0 unspecified atom stereocenters. The highest BCUT2D eigenvalue weighted by Gasteiger charge is 2.02. The van der Waals surface area contributed by atoms with Crippen LogP contribution in [0.1, 0.15) is 11.1 Å². The molecule has 0 bridgehead atoms. The number of benzene rings is 3. The van der Waals surface area contributed by atoms with Gasteiger partial charge in [0.05, 0.1) is 17.4 Å². The maximum absolute atomic E-state index is 6.03. The van der Waals surface area contributed by atoms with E-state index < -0.39 is 0 Å². The third kappa shape index (κ3) is 4.48. The number of hydrogen-bond acceptors (Lipinski definition) is 4. The van der Waals surface area contributed by atoms with E-state index in [0.29, 0.717) is 11.6 Å². The number of nitrogens with zero attached hydrogens (tertiary/aromatic N) is 2. The van der Waals surface area contributed by atoms with E-state index in [4.69, 9.17) is 16.3 Å². The Kier molecular flexibility index (Phi) is 5.50. The summed E-state index contributed by atoms with van der Waals surface area (Å²) in [5.41, 5.74) is 6.85. The lowest BCUT2D eigenvalue weighted by Crippen LogP contribution is -1.96. The van der Waals surface area contributed by atoms with Crippen LogP contribution in [0.3, 0.4) is 0 Å². The van der Waals surface area contributed by atoms with Crippen molar-refractivity contribution in [1.29, 1.82) is 0 Å². The lowest BCUT2D eigenvalue weighted by molar-refractivity contribution is 0.306. The molecule has 0 radical (unpaired) electrons. The Balaban J connectivity index is 1.44. The Hall–Kier alpha value is -3.37. The fraction of sp³-hybridized carbons (Fsp3) is 0.0435. The summed E-state index contributed by atoms with van der Waals surface area (Å²) >= 11 is 6.03. The fourth-order valence-electron chi connectivity index (χ4n) is 2.82. The summed E-state index contributed by atoms with van der Waals surface area (Å²) in [4.78, 5) is 4.33. The largest absolute Gasteiger partial charge is 0.489 e. The van der Waals surface area contributed by atoms with Crippen molar-refractivity contribution in [3.05, 3.63) is 101 Å². The number of hydrazone groups is 1. The summed E-state index contributed by atoms with van der Waals surface area (Å²) in [7, 11) is 0. The normalized spacial score (nSPS) is 11.0. The third-order valence-electron chi connectivity index (χ3n) is 4.21. The molecule has 4 aromatic rings. The van der Waals surface area contributed by atoms with E-state index in [2.05, 4.69) is 15.5 Å². The summed E-state index contributed by atoms with van der Waals surface area (Å²) in [6, 6.07) is 25.4. The molecule has 0 aliphatic rings. The van der Waals surface area contributed by atoms with Crippen LogP contribution in [-0.2, 0) is 6.61 Å². The van der Waals surface area contributed by atoms with Crippen LogP contribution in [0, 0.1) is 0 Å². The number of aromatic nitrogens is 1. The summed E-state index contributed by atoms with van der Waals surface area (Å²) in [5.74, 6) is 0.803. The van der Waals surface area contributed by atoms with Gasteiger partial charge in [-0.15, -0.1) is 0 Å². The van der Waals surface area contributed by atoms with Crippen molar-refractivity contribution in [3.8, 4) is 5.75 Å². The molecular weight excluding hydrogens is 370 g/mol. The second-order valence-electron chi connectivity index (χ2n) is 6.24. The molecule has 1 heterocycles. The van der Waals surface area contributed by atoms with Crippen molar-refractivity contribution in [1.82, 2.24) is 4.98 Å². The zero-order valence-electron chi connectivity index (χ0n) is 15.0. The Labute approximate surface area is 168 Å². The lowest BCUT2D eigenvalue weighted by atomic mass is 10.2. The van der Waals surface area contributed by atoms with Gasteiger partial charge in [-0.05, 0) is 47.5 Å². The van der Waals surface area contributed by atoms with Crippen molar-refractivity contribution in [2.45, 2.75) is 6.61 Å². The molecule has 0 amide bonds. The number of halogens is 1. The average Bonchev–Trinajstić information content (AvgIpc) is 2.73. The zero-order valence-corrected chi connectivity index (χ0v) is 15.8. The van der Waals surface area contributed by atoms with E-state index in [0.717, 1.165) is 33.5 Å². The molecule has 4 nitrogen and oxygen atoms in total. The third-order valence-corrected chi connectivity index (χ3v) is 4.44. The van der Waals surface area contributed by atoms with Gasteiger partial charge in [0.15, 0.2) is 0 Å². The van der Waals surface area contributed by atoms with Gasteiger partial charge in [0, 0.05) is 16.6 Å². The van der Waals surface area contributed by atoms with Crippen LogP contribution in [-0.4, -0.2) is 11.2 Å². The van der Waals surface area contributed by atoms with Crippen LogP contribution in [0.25, 0.3) is 10.9 Å². The molecule has 1 N–H and O–H groups in total. The van der Waals surface area contributed by atoms with Gasteiger partial charge in [0.25, 0.3) is 0 Å². The molecule has 0 aliphatic heterocycles. The van der Waals surface area contributed by atoms with Crippen molar-refractivity contribution in [3.63, 3.8) is 0 Å². The first kappa shape index (κ1) is 18.0. The zero-order chi connectivity index (χ0) is 19.2. The van der Waals surface area contributed by atoms with E-state index in [-0.39, 0.29) is 0 Å². The topological polar surface area (TPSA) is 46.5 Å². The smallest absolute Gasteiger partial charge is 0.120 e. The molecule has 1 aromatic heterocycles. The number of pyridine rings is 1. The van der Waals surface area contributed by atoms with Crippen molar-refractivity contribution < 1.29 is 4.74 Å². The summed E-state index contributed by atoms with van der Waals surface area (Å²) < 4.78 is 5.86. The van der Waals surface area contributed by atoms with E-state index in [1.54, 1.807) is 12.4 Å². The van der Waals surface area contributed by atoms with E-state index in [1.165, 1.54) is 0 Å². The molecule has 28 heavy (non-hydrogen) atoms. The second-order valence-corrected chi connectivity index (χ2v) is 6.67.